The van der Waals surface area contributed by atoms with E-state index in [1.807, 2.05) is 20.8 Å². The fourth-order valence-corrected chi connectivity index (χ4v) is 6.17. The second kappa shape index (κ2) is 6.37. The largest absolute Gasteiger partial charge is 0.379 e. The first-order valence-corrected chi connectivity index (χ1v) is 11.1. The number of carbonyl (C=O) groups is 2. The standard InChI is InChI=1S/C20H26N2O5S/c1-19(2)16-8-9-20(19,3)18(24)22(17(16)23)14-4-6-15(7-5-14)28(25,26)21-10-12-27-13-11-21/h4-7,16H,8-13H2,1-3H3/t16-,20+/m0/s1. The number of fused-ring (bicyclic) bond motifs is 2. The Hall–Kier alpha value is -1.77. The predicted octanol–water partition coefficient (Wildman–Crippen LogP) is 2.02. The van der Waals surface area contributed by atoms with Crippen LogP contribution in [0.15, 0.2) is 29.2 Å². The van der Waals surface area contributed by atoms with E-state index in [-0.39, 0.29) is 28.0 Å². The first-order valence-electron chi connectivity index (χ1n) is 9.67. The molecule has 2 amide bonds. The van der Waals surface area contributed by atoms with Crippen molar-refractivity contribution in [1.82, 2.24) is 4.31 Å². The van der Waals surface area contributed by atoms with Gasteiger partial charge in [-0.05, 0) is 42.5 Å². The van der Waals surface area contributed by atoms with Gasteiger partial charge in [-0.1, -0.05) is 20.8 Å². The van der Waals surface area contributed by atoms with Gasteiger partial charge in [0.1, 0.15) is 0 Å². The van der Waals surface area contributed by atoms with E-state index in [4.69, 9.17) is 4.74 Å². The molecule has 0 spiro atoms. The van der Waals surface area contributed by atoms with E-state index < -0.39 is 15.4 Å². The molecule has 0 N–H and O–H groups in total. The summed E-state index contributed by atoms with van der Waals surface area (Å²) in [6.45, 7) is 7.33. The maximum atomic E-state index is 13.2. The van der Waals surface area contributed by atoms with Crippen molar-refractivity contribution in [3.63, 3.8) is 0 Å². The molecule has 3 fully saturated rings. The molecule has 1 saturated carbocycles. The number of amides is 2. The maximum Gasteiger partial charge on any atom is 0.243 e. The molecule has 1 aromatic carbocycles. The highest BCUT2D eigenvalue weighted by Crippen LogP contribution is 2.60. The number of imide groups is 1. The molecule has 2 saturated heterocycles. The summed E-state index contributed by atoms with van der Waals surface area (Å²) in [5, 5.41) is 0. The Morgan fingerprint density at radius 2 is 1.64 bits per heavy atom. The van der Waals surface area contributed by atoms with Crippen molar-refractivity contribution in [3.8, 4) is 0 Å². The van der Waals surface area contributed by atoms with Gasteiger partial charge in [0.05, 0.1) is 29.2 Å². The summed E-state index contributed by atoms with van der Waals surface area (Å²) in [7, 11) is -3.61. The van der Waals surface area contributed by atoms with Crippen LogP contribution in [0.4, 0.5) is 5.69 Å². The van der Waals surface area contributed by atoms with Gasteiger partial charge >= 0.3 is 0 Å². The number of hydrogen-bond acceptors (Lipinski definition) is 5. The molecule has 28 heavy (non-hydrogen) atoms. The van der Waals surface area contributed by atoms with Crippen LogP contribution in [-0.2, 0) is 24.3 Å². The van der Waals surface area contributed by atoms with Crippen molar-refractivity contribution in [2.24, 2.45) is 16.7 Å². The van der Waals surface area contributed by atoms with Crippen LogP contribution in [0.2, 0.25) is 0 Å². The number of hydrogen-bond donors (Lipinski definition) is 0. The van der Waals surface area contributed by atoms with Gasteiger partial charge in [0.25, 0.3) is 0 Å². The van der Waals surface area contributed by atoms with Crippen molar-refractivity contribution in [1.29, 1.82) is 0 Å². The van der Waals surface area contributed by atoms with Crippen LogP contribution in [0.5, 0.6) is 0 Å². The third-order valence-corrected chi connectivity index (χ3v) is 9.04. The molecule has 0 radical (unpaired) electrons. The number of morpholine rings is 1. The summed E-state index contributed by atoms with van der Waals surface area (Å²) in [5.74, 6) is -0.583. The fraction of sp³-hybridized carbons (Fsp3) is 0.600. The van der Waals surface area contributed by atoms with Crippen LogP contribution >= 0.6 is 0 Å². The summed E-state index contributed by atoms with van der Waals surface area (Å²) in [6, 6.07) is 6.07. The quantitative estimate of drug-likeness (QED) is 0.717. The second-order valence-corrected chi connectivity index (χ2v) is 10.6. The minimum atomic E-state index is -3.61. The number of rotatable bonds is 3. The van der Waals surface area contributed by atoms with Crippen LogP contribution < -0.4 is 4.90 Å². The molecule has 4 rings (SSSR count). The Labute approximate surface area is 165 Å². The SMILES string of the molecule is CC1(C)[C@H]2CC[C@]1(C)C(=O)N(c1ccc(S(=O)(=O)N3CCOCC3)cc1)C2=O. The third-order valence-electron chi connectivity index (χ3n) is 7.12. The topological polar surface area (TPSA) is 84.0 Å². The molecule has 0 unspecified atom stereocenters. The van der Waals surface area contributed by atoms with Gasteiger partial charge in [0.15, 0.2) is 0 Å². The Bertz CT molecular complexity index is 918. The Kier molecular flexibility index (Phi) is 4.44. The zero-order chi connectivity index (χ0) is 20.3. The summed E-state index contributed by atoms with van der Waals surface area (Å²) >= 11 is 0. The lowest BCUT2D eigenvalue weighted by atomic mass is 9.62. The van der Waals surface area contributed by atoms with Crippen LogP contribution in [0, 0.1) is 16.7 Å². The maximum absolute atomic E-state index is 13.2. The molecule has 2 bridgehead atoms. The summed E-state index contributed by atoms with van der Waals surface area (Å²) in [6.07, 6.45) is 1.39. The molecule has 7 nitrogen and oxygen atoms in total. The normalized spacial score (nSPS) is 30.7. The van der Waals surface area contributed by atoms with Crippen LogP contribution in [0.1, 0.15) is 33.6 Å². The predicted molar refractivity (Wildman–Crippen MR) is 103 cm³/mol. The second-order valence-electron chi connectivity index (χ2n) is 8.63. The smallest absolute Gasteiger partial charge is 0.243 e. The zero-order valence-electron chi connectivity index (χ0n) is 16.5. The van der Waals surface area contributed by atoms with Crippen molar-refractivity contribution in [2.75, 3.05) is 31.2 Å². The van der Waals surface area contributed by atoms with Crippen molar-refractivity contribution in [3.05, 3.63) is 24.3 Å². The minimum Gasteiger partial charge on any atom is -0.379 e. The van der Waals surface area contributed by atoms with E-state index in [0.717, 1.165) is 0 Å². The van der Waals surface area contributed by atoms with E-state index in [1.54, 1.807) is 12.1 Å². The van der Waals surface area contributed by atoms with E-state index >= 15 is 0 Å². The summed E-state index contributed by atoms with van der Waals surface area (Å²) in [5.41, 5.74) is -0.536. The Morgan fingerprint density at radius 1 is 1.04 bits per heavy atom. The number of sulfonamides is 1. The molecule has 1 aliphatic carbocycles. The summed E-state index contributed by atoms with van der Waals surface area (Å²) < 4.78 is 32.2. The molecule has 2 aliphatic heterocycles. The van der Waals surface area contributed by atoms with E-state index in [2.05, 4.69) is 0 Å². The monoisotopic (exact) mass is 406 g/mol. The van der Waals surface area contributed by atoms with Gasteiger partial charge in [-0.3, -0.25) is 9.59 Å². The number of anilines is 1. The molecule has 3 aliphatic rings. The van der Waals surface area contributed by atoms with Gasteiger partial charge in [-0.15, -0.1) is 0 Å². The average Bonchev–Trinajstić information content (AvgIpc) is 2.86. The highest BCUT2D eigenvalue weighted by atomic mass is 32.2. The fourth-order valence-electron chi connectivity index (χ4n) is 4.77. The average molecular weight is 407 g/mol. The van der Waals surface area contributed by atoms with E-state index in [0.29, 0.717) is 44.8 Å². The van der Waals surface area contributed by atoms with Crippen LogP contribution in [-0.4, -0.2) is 50.8 Å². The number of benzene rings is 1. The van der Waals surface area contributed by atoms with E-state index in [1.165, 1.54) is 21.3 Å². The lowest BCUT2D eigenvalue weighted by Gasteiger charge is -2.47. The first-order chi connectivity index (χ1) is 13.1. The zero-order valence-corrected chi connectivity index (χ0v) is 17.3. The van der Waals surface area contributed by atoms with Gasteiger partial charge in [0, 0.05) is 19.0 Å². The molecule has 2 heterocycles. The van der Waals surface area contributed by atoms with E-state index in [9.17, 15) is 18.0 Å². The third kappa shape index (κ3) is 2.58. The Balaban J connectivity index is 1.65. The van der Waals surface area contributed by atoms with Crippen molar-refractivity contribution >= 4 is 27.5 Å². The van der Waals surface area contributed by atoms with Crippen molar-refractivity contribution < 1.29 is 22.7 Å². The molecule has 0 aromatic heterocycles. The summed E-state index contributed by atoms with van der Waals surface area (Å²) in [4.78, 5) is 27.7. The van der Waals surface area contributed by atoms with Gasteiger partial charge in [-0.2, -0.15) is 4.31 Å². The van der Waals surface area contributed by atoms with Gasteiger partial charge in [-0.25, -0.2) is 13.3 Å². The number of nitrogens with zero attached hydrogens (tertiary/aromatic N) is 2. The Morgan fingerprint density at radius 3 is 2.25 bits per heavy atom. The van der Waals surface area contributed by atoms with Crippen LogP contribution in [0.25, 0.3) is 0 Å². The first kappa shape index (κ1) is 19.5. The molecular formula is C20H26N2O5S. The lowest BCUT2D eigenvalue weighted by molar-refractivity contribution is -0.146. The molecule has 2 atom stereocenters. The molecular weight excluding hydrogens is 380 g/mol. The highest BCUT2D eigenvalue weighted by molar-refractivity contribution is 7.89. The van der Waals surface area contributed by atoms with Crippen LogP contribution in [0.3, 0.4) is 0 Å². The number of piperidine rings is 1. The lowest BCUT2D eigenvalue weighted by Crippen LogP contribution is -2.59. The van der Waals surface area contributed by atoms with Gasteiger partial charge < -0.3 is 4.74 Å². The van der Waals surface area contributed by atoms with Crippen molar-refractivity contribution in [2.45, 2.75) is 38.5 Å². The molecule has 8 heteroatoms. The highest BCUT2D eigenvalue weighted by Gasteiger charge is 2.64. The number of ether oxygens (including phenoxy) is 1. The van der Waals surface area contributed by atoms with Gasteiger partial charge in [0.2, 0.25) is 21.8 Å². The minimum absolute atomic E-state index is 0.157. The number of carbonyl (C=O) groups excluding carboxylic acids is 2. The molecule has 1 aromatic rings. The molecule has 152 valence electrons.